The standard InChI is InChI=1S/C6H10O/c1-5(7)4-6-2-3-6/h6-7H,1-4H2. The lowest BCUT2D eigenvalue weighted by Crippen LogP contribution is -1.77. The van der Waals surface area contributed by atoms with E-state index < -0.39 is 0 Å². The Morgan fingerprint density at radius 3 is 2.43 bits per heavy atom. The van der Waals surface area contributed by atoms with Crippen molar-refractivity contribution < 1.29 is 5.11 Å². The zero-order chi connectivity index (χ0) is 5.28. The van der Waals surface area contributed by atoms with Crippen LogP contribution >= 0.6 is 0 Å². The van der Waals surface area contributed by atoms with Crippen LogP contribution in [0.15, 0.2) is 12.3 Å². The van der Waals surface area contributed by atoms with Gasteiger partial charge in [-0.15, -0.1) is 0 Å². The van der Waals surface area contributed by atoms with Gasteiger partial charge in [-0.25, -0.2) is 0 Å². The quantitative estimate of drug-likeness (QED) is 0.522. The van der Waals surface area contributed by atoms with Crippen LogP contribution in [0.3, 0.4) is 0 Å². The summed E-state index contributed by atoms with van der Waals surface area (Å²) in [6.45, 7) is 3.39. The second-order valence-corrected chi connectivity index (χ2v) is 2.21. The predicted molar refractivity (Wildman–Crippen MR) is 29.1 cm³/mol. The predicted octanol–water partition coefficient (Wildman–Crippen LogP) is 1.86. The molecule has 0 unspecified atom stereocenters. The summed E-state index contributed by atoms with van der Waals surface area (Å²) >= 11 is 0. The molecule has 1 nitrogen and oxygen atoms in total. The minimum atomic E-state index is 0.350. The van der Waals surface area contributed by atoms with Gasteiger partial charge < -0.3 is 5.11 Å². The van der Waals surface area contributed by atoms with Gasteiger partial charge in [0.2, 0.25) is 0 Å². The van der Waals surface area contributed by atoms with Crippen molar-refractivity contribution in [3.05, 3.63) is 12.3 Å². The molecule has 7 heavy (non-hydrogen) atoms. The molecule has 1 fully saturated rings. The molecule has 0 heterocycles. The summed E-state index contributed by atoms with van der Waals surface area (Å²) in [5, 5.41) is 8.57. The van der Waals surface area contributed by atoms with Crippen LogP contribution in [0.5, 0.6) is 0 Å². The number of allylic oxidation sites excluding steroid dienone is 1. The Hall–Kier alpha value is -0.460. The van der Waals surface area contributed by atoms with Gasteiger partial charge in [0.05, 0.1) is 5.76 Å². The molecule has 0 spiro atoms. The lowest BCUT2D eigenvalue weighted by Gasteiger charge is -1.89. The fraction of sp³-hybridized carbons (Fsp3) is 0.667. The van der Waals surface area contributed by atoms with Crippen LogP contribution < -0.4 is 0 Å². The molecule has 0 aliphatic heterocycles. The van der Waals surface area contributed by atoms with Crippen molar-refractivity contribution in [1.82, 2.24) is 0 Å². The second kappa shape index (κ2) is 1.57. The van der Waals surface area contributed by atoms with E-state index in [1.807, 2.05) is 0 Å². The topological polar surface area (TPSA) is 20.2 Å². The molecule has 40 valence electrons. The number of rotatable bonds is 2. The van der Waals surface area contributed by atoms with Gasteiger partial charge in [-0.2, -0.15) is 0 Å². The van der Waals surface area contributed by atoms with Crippen molar-refractivity contribution >= 4 is 0 Å². The van der Waals surface area contributed by atoms with Crippen molar-refractivity contribution in [1.29, 1.82) is 0 Å². The van der Waals surface area contributed by atoms with Gasteiger partial charge in [-0.3, -0.25) is 0 Å². The minimum absolute atomic E-state index is 0.350. The SMILES string of the molecule is C=C(O)CC1CC1. The van der Waals surface area contributed by atoms with Crippen LogP contribution in [0, 0.1) is 5.92 Å². The fourth-order valence-electron chi connectivity index (χ4n) is 0.655. The highest BCUT2D eigenvalue weighted by atomic mass is 16.3. The van der Waals surface area contributed by atoms with E-state index >= 15 is 0 Å². The Bertz CT molecular complexity index is 82.2. The van der Waals surface area contributed by atoms with Crippen LogP contribution in [0.4, 0.5) is 0 Å². The zero-order valence-electron chi connectivity index (χ0n) is 4.35. The molecule has 1 saturated carbocycles. The Balaban J connectivity index is 2.08. The molecule has 0 amide bonds. The van der Waals surface area contributed by atoms with Gasteiger partial charge in [0.1, 0.15) is 0 Å². The lowest BCUT2D eigenvalue weighted by atomic mass is 10.3. The van der Waals surface area contributed by atoms with Gasteiger partial charge in [0.25, 0.3) is 0 Å². The molecule has 0 aromatic rings. The summed E-state index contributed by atoms with van der Waals surface area (Å²) in [6, 6.07) is 0. The lowest BCUT2D eigenvalue weighted by molar-refractivity contribution is 0.383. The van der Waals surface area contributed by atoms with E-state index in [1.54, 1.807) is 0 Å². The molecule has 0 aromatic carbocycles. The highest BCUT2D eigenvalue weighted by Crippen LogP contribution is 2.33. The van der Waals surface area contributed by atoms with Crippen molar-refractivity contribution in [2.24, 2.45) is 5.92 Å². The first-order valence-electron chi connectivity index (χ1n) is 2.66. The van der Waals surface area contributed by atoms with E-state index in [9.17, 15) is 0 Å². The van der Waals surface area contributed by atoms with Gasteiger partial charge >= 0.3 is 0 Å². The largest absolute Gasteiger partial charge is 0.513 e. The van der Waals surface area contributed by atoms with Crippen molar-refractivity contribution in [3.8, 4) is 0 Å². The molecular weight excluding hydrogens is 88.1 g/mol. The van der Waals surface area contributed by atoms with Crippen molar-refractivity contribution in [2.45, 2.75) is 19.3 Å². The fourth-order valence-corrected chi connectivity index (χ4v) is 0.655. The van der Waals surface area contributed by atoms with E-state index in [0.717, 1.165) is 12.3 Å². The average Bonchev–Trinajstić information content (AvgIpc) is 2.17. The summed E-state index contributed by atoms with van der Waals surface area (Å²) in [7, 11) is 0. The van der Waals surface area contributed by atoms with Crippen LogP contribution in [-0.4, -0.2) is 5.11 Å². The molecular formula is C6H10O. The summed E-state index contributed by atoms with van der Waals surface area (Å²) in [5.41, 5.74) is 0. The Labute approximate surface area is 43.7 Å². The summed E-state index contributed by atoms with van der Waals surface area (Å²) in [5.74, 6) is 1.13. The number of aliphatic hydroxyl groups is 1. The highest BCUT2D eigenvalue weighted by Gasteiger charge is 2.21. The second-order valence-electron chi connectivity index (χ2n) is 2.21. The Morgan fingerprint density at radius 2 is 2.29 bits per heavy atom. The summed E-state index contributed by atoms with van der Waals surface area (Å²) in [4.78, 5) is 0. The van der Waals surface area contributed by atoms with E-state index in [-0.39, 0.29) is 0 Å². The summed E-state index contributed by atoms with van der Waals surface area (Å²) < 4.78 is 0. The highest BCUT2D eigenvalue weighted by molar-refractivity contribution is 4.87. The Morgan fingerprint density at radius 1 is 1.71 bits per heavy atom. The van der Waals surface area contributed by atoms with Crippen molar-refractivity contribution in [3.63, 3.8) is 0 Å². The monoisotopic (exact) mass is 98.1 g/mol. The molecule has 0 aromatic heterocycles. The molecule has 0 atom stereocenters. The number of aliphatic hydroxyl groups excluding tert-OH is 1. The van der Waals surface area contributed by atoms with E-state index in [1.165, 1.54) is 12.8 Å². The summed E-state index contributed by atoms with van der Waals surface area (Å²) in [6.07, 6.45) is 3.42. The number of hydrogen-bond acceptors (Lipinski definition) is 1. The van der Waals surface area contributed by atoms with E-state index in [4.69, 9.17) is 5.11 Å². The van der Waals surface area contributed by atoms with Crippen molar-refractivity contribution in [2.75, 3.05) is 0 Å². The first-order chi connectivity index (χ1) is 3.29. The molecule has 1 heteroatoms. The van der Waals surface area contributed by atoms with Crippen LogP contribution in [0.1, 0.15) is 19.3 Å². The third-order valence-corrected chi connectivity index (χ3v) is 1.22. The van der Waals surface area contributed by atoms with Gasteiger partial charge in [-0.05, 0) is 18.8 Å². The first-order valence-corrected chi connectivity index (χ1v) is 2.66. The molecule has 0 radical (unpaired) electrons. The average molecular weight is 98.1 g/mol. The van der Waals surface area contributed by atoms with Crippen LogP contribution in [0.2, 0.25) is 0 Å². The maximum Gasteiger partial charge on any atom is 0.0853 e. The maximum atomic E-state index is 8.57. The smallest absolute Gasteiger partial charge is 0.0853 e. The zero-order valence-corrected chi connectivity index (χ0v) is 4.35. The molecule has 1 aliphatic rings. The molecule has 0 saturated heterocycles. The molecule has 1 N–H and O–H groups in total. The molecule has 1 rings (SSSR count). The van der Waals surface area contributed by atoms with Crippen LogP contribution in [-0.2, 0) is 0 Å². The third-order valence-electron chi connectivity index (χ3n) is 1.22. The van der Waals surface area contributed by atoms with Gasteiger partial charge in [0.15, 0.2) is 0 Å². The maximum absolute atomic E-state index is 8.57. The molecule has 1 aliphatic carbocycles. The molecule has 0 bridgehead atoms. The Kier molecular flexibility index (Phi) is 1.05. The third kappa shape index (κ3) is 1.62. The number of hydrogen-bond donors (Lipinski definition) is 1. The van der Waals surface area contributed by atoms with Crippen LogP contribution in [0.25, 0.3) is 0 Å². The van der Waals surface area contributed by atoms with E-state index in [2.05, 4.69) is 6.58 Å². The van der Waals surface area contributed by atoms with Gasteiger partial charge in [-0.1, -0.05) is 6.58 Å². The minimum Gasteiger partial charge on any atom is -0.513 e. The van der Waals surface area contributed by atoms with Gasteiger partial charge in [0, 0.05) is 6.42 Å². The normalized spacial score (nSPS) is 19.4. The first kappa shape index (κ1) is 4.69. The van der Waals surface area contributed by atoms with E-state index in [0.29, 0.717) is 5.76 Å².